The van der Waals surface area contributed by atoms with Gasteiger partial charge in [0.15, 0.2) is 0 Å². The number of thioether (sulfide) groups is 1. The molecule has 6 nitrogen and oxygen atoms in total. The van der Waals surface area contributed by atoms with E-state index in [0.717, 1.165) is 6.42 Å². The van der Waals surface area contributed by atoms with Crippen molar-refractivity contribution < 1.29 is 14.4 Å². The van der Waals surface area contributed by atoms with Crippen LogP contribution in [0.5, 0.6) is 0 Å². The largest absolute Gasteiger partial charge is 0.337 e. The molecular weight excluding hydrogens is 386 g/mol. The summed E-state index contributed by atoms with van der Waals surface area (Å²) in [4.78, 5) is 43.5. The summed E-state index contributed by atoms with van der Waals surface area (Å²) in [6.07, 6.45) is 1.35. The first kappa shape index (κ1) is 20.3. The molecule has 0 radical (unpaired) electrons. The number of nitrogens with zero attached hydrogens (tertiary/aromatic N) is 3. The molecule has 0 bridgehead atoms. The molecule has 3 saturated heterocycles. The van der Waals surface area contributed by atoms with E-state index < -0.39 is 0 Å². The van der Waals surface area contributed by atoms with Crippen molar-refractivity contribution in [3.8, 4) is 0 Å². The highest BCUT2D eigenvalue weighted by molar-refractivity contribution is 8.01. The summed E-state index contributed by atoms with van der Waals surface area (Å²) in [6.45, 7) is 8.44. The average molecular weight is 416 g/mol. The molecule has 4 rings (SSSR count). The van der Waals surface area contributed by atoms with Crippen LogP contribution in [-0.2, 0) is 9.59 Å². The van der Waals surface area contributed by atoms with Gasteiger partial charge in [-0.2, -0.15) is 0 Å². The Hall–Kier alpha value is -2.02. The lowest BCUT2D eigenvalue weighted by molar-refractivity contribution is -0.144. The van der Waals surface area contributed by atoms with Gasteiger partial charge in [-0.15, -0.1) is 11.8 Å². The number of carbonyl (C=O) groups is 3. The van der Waals surface area contributed by atoms with Gasteiger partial charge in [-0.05, 0) is 37.0 Å². The number of amides is 3. The fourth-order valence-electron chi connectivity index (χ4n) is 4.54. The summed E-state index contributed by atoms with van der Waals surface area (Å²) in [7, 11) is 0. The van der Waals surface area contributed by atoms with Crippen molar-refractivity contribution >= 4 is 29.5 Å². The Bertz CT molecular complexity index is 817. The van der Waals surface area contributed by atoms with Crippen LogP contribution in [-0.4, -0.2) is 75.3 Å². The van der Waals surface area contributed by atoms with Gasteiger partial charge in [0.1, 0.15) is 6.04 Å². The van der Waals surface area contributed by atoms with Gasteiger partial charge >= 0.3 is 0 Å². The van der Waals surface area contributed by atoms with Gasteiger partial charge in [0, 0.05) is 43.9 Å². The SMILES string of the molecule is CC(C)c1ccc(C(=O)N2CCN(C(=O)[C@H]3CS[C@]4(C)CCC(=O)N34)CC2)cc1. The van der Waals surface area contributed by atoms with E-state index in [1.807, 2.05) is 39.0 Å². The van der Waals surface area contributed by atoms with E-state index in [4.69, 9.17) is 0 Å². The Morgan fingerprint density at radius 1 is 1.07 bits per heavy atom. The summed E-state index contributed by atoms with van der Waals surface area (Å²) in [6, 6.07) is 7.46. The van der Waals surface area contributed by atoms with Gasteiger partial charge in [0.2, 0.25) is 11.8 Å². The van der Waals surface area contributed by atoms with Crippen LogP contribution in [0.4, 0.5) is 0 Å². The Labute approximate surface area is 176 Å². The van der Waals surface area contributed by atoms with Crippen LogP contribution in [0.2, 0.25) is 0 Å². The molecule has 0 unspecified atom stereocenters. The van der Waals surface area contributed by atoms with Crippen LogP contribution in [0.1, 0.15) is 55.5 Å². The molecule has 0 N–H and O–H groups in total. The second-order valence-corrected chi connectivity index (χ2v) is 10.2. The highest BCUT2D eigenvalue weighted by Gasteiger charge is 2.53. The molecule has 0 aliphatic carbocycles. The Morgan fingerprint density at radius 2 is 1.69 bits per heavy atom. The minimum atomic E-state index is -0.356. The number of rotatable bonds is 3. The Morgan fingerprint density at radius 3 is 2.31 bits per heavy atom. The van der Waals surface area contributed by atoms with Gasteiger partial charge in [-0.3, -0.25) is 14.4 Å². The predicted molar refractivity (Wildman–Crippen MR) is 114 cm³/mol. The molecule has 3 fully saturated rings. The van der Waals surface area contributed by atoms with E-state index in [-0.39, 0.29) is 28.6 Å². The first-order chi connectivity index (χ1) is 13.8. The number of hydrogen-bond acceptors (Lipinski definition) is 4. The fourth-order valence-corrected chi connectivity index (χ4v) is 5.96. The van der Waals surface area contributed by atoms with Crippen molar-refractivity contribution in [2.24, 2.45) is 0 Å². The van der Waals surface area contributed by atoms with Crippen molar-refractivity contribution in [3.05, 3.63) is 35.4 Å². The van der Waals surface area contributed by atoms with Crippen LogP contribution in [0.3, 0.4) is 0 Å². The van der Waals surface area contributed by atoms with Crippen molar-refractivity contribution in [1.82, 2.24) is 14.7 Å². The lowest BCUT2D eigenvalue weighted by Crippen LogP contribution is -2.56. The maximum Gasteiger partial charge on any atom is 0.253 e. The van der Waals surface area contributed by atoms with Gasteiger partial charge in [0.05, 0.1) is 4.87 Å². The Kier molecular flexibility index (Phi) is 5.36. The minimum absolute atomic E-state index is 0.0196. The number of carbonyl (C=O) groups excluding carboxylic acids is 3. The van der Waals surface area contributed by atoms with Crippen LogP contribution in [0, 0.1) is 0 Å². The molecule has 3 aliphatic rings. The smallest absolute Gasteiger partial charge is 0.253 e. The van der Waals surface area contributed by atoms with E-state index in [2.05, 4.69) is 20.8 Å². The van der Waals surface area contributed by atoms with Crippen molar-refractivity contribution in [1.29, 1.82) is 0 Å². The molecule has 3 amide bonds. The molecule has 156 valence electrons. The van der Waals surface area contributed by atoms with E-state index in [1.54, 1.807) is 11.8 Å². The van der Waals surface area contributed by atoms with Crippen LogP contribution in [0.15, 0.2) is 24.3 Å². The summed E-state index contributed by atoms with van der Waals surface area (Å²) in [5, 5.41) is 0. The zero-order valence-corrected chi connectivity index (χ0v) is 18.2. The van der Waals surface area contributed by atoms with E-state index in [0.29, 0.717) is 49.8 Å². The molecule has 3 aliphatic heterocycles. The Balaban J connectivity index is 1.36. The summed E-state index contributed by atoms with van der Waals surface area (Å²) < 4.78 is 0. The number of fused-ring (bicyclic) bond motifs is 1. The molecule has 3 heterocycles. The molecule has 2 atom stereocenters. The van der Waals surface area contributed by atoms with Crippen LogP contribution >= 0.6 is 11.8 Å². The standard InChI is InChI=1S/C22H29N3O3S/c1-15(2)16-4-6-17(7-5-16)20(27)23-10-12-24(13-11-23)21(28)18-14-29-22(3)9-8-19(26)25(18)22/h4-7,15,18H,8-14H2,1-3H3/t18-,22-/m1/s1. The number of hydrogen-bond donors (Lipinski definition) is 0. The van der Waals surface area contributed by atoms with Gasteiger partial charge in [0.25, 0.3) is 5.91 Å². The minimum Gasteiger partial charge on any atom is -0.337 e. The first-order valence-electron chi connectivity index (χ1n) is 10.4. The van der Waals surface area contributed by atoms with Gasteiger partial charge in [-0.25, -0.2) is 0 Å². The monoisotopic (exact) mass is 415 g/mol. The third-order valence-electron chi connectivity index (χ3n) is 6.43. The molecule has 29 heavy (non-hydrogen) atoms. The quantitative estimate of drug-likeness (QED) is 0.761. The second-order valence-electron chi connectivity index (χ2n) is 8.66. The van der Waals surface area contributed by atoms with Crippen LogP contribution in [0.25, 0.3) is 0 Å². The third-order valence-corrected chi connectivity index (χ3v) is 7.94. The lowest BCUT2D eigenvalue weighted by atomic mass is 10.0. The van der Waals surface area contributed by atoms with Crippen molar-refractivity contribution in [2.45, 2.75) is 50.4 Å². The second kappa shape index (κ2) is 7.67. The molecule has 0 spiro atoms. The maximum absolute atomic E-state index is 13.1. The molecule has 0 aromatic heterocycles. The molecule has 0 saturated carbocycles. The highest BCUT2D eigenvalue weighted by Crippen LogP contribution is 2.47. The number of benzene rings is 1. The van der Waals surface area contributed by atoms with Gasteiger partial charge < -0.3 is 14.7 Å². The molecular formula is C22H29N3O3S. The summed E-state index contributed by atoms with van der Waals surface area (Å²) in [5.41, 5.74) is 1.91. The van der Waals surface area contributed by atoms with E-state index in [9.17, 15) is 14.4 Å². The zero-order valence-electron chi connectivity index (χ0n) is 17.4. The predicted octanol–water partition coefficient (Wildman–Crippen LogP) is 2.55. The fraction of sp³-hybridized carbons (Fsp3) is 0.591. The number of piperazine rings is 1. The maximum atomic E-state index is 13.1. The van der Waals surface area contributed by atoms with E-state index in [1.165, 1.54) is 5.56 Å². The average Bonchev–Trinajstić information content (AvgIpc) is 3.23. The summed E-state index contributed by atoms with van der Waals surface area (Å²) >= 11 is 1.72. The molecule has 1 aromatic rings. The molecule has 1 aromatic carbocycles. The highest BCUT2D eigenvalue weighted by atomic mass is 32.2. The summed E-state index contributed by atoms with van der Waals surface area (Å²) in [5.74, 6) is 1.25. The van der Waals surface area contributed by atoms with E-state index >= 15 is 0 Å². The first-order valence-corrected chi connectivity index (χ1v) is 11.4. The normalized spacial score (nSPS) is 27.0. The topological polar surface area (TPSA) is 60.9 Å². The van der Waals surface area contributed by atoms with Crippen LogP contribution < -0.4 is 0 Å². The van der Waals surface area contributed by atoms with Crippen molar-refractivity contribution in [3.63, 3.8) is 0 Å². The van der Waals surface area contributed by atoms with Gasteiger partial charge in [-0.1, -0.05) is 26.0 Å². The zero-order chi connectivity index (χ0) is 20.8. The van der Waals surface area contributed by atoms with Crippen molar-refractivity contribution in [2.75, 3.05) is 31.9 Å². The lowest BCUT2D eigenvalue weighted by Gasteiger charge is -2.38. The third kappa shape index (κ3) is 3.65. The molecule has 7 heteroatoms.